The maximum Gasteiger partial charge on any atom is 4.00 e. The maximum absolute atomic E-state index is 12.5. The van der Waals surface area contributed by atoms with E-state index in [4.69, 9.17) is 28.0 Å². The number of aromatic carboxylic acids is 1. The standard InChI is InChI=1S/C23H29N4O4.C21H28F3N3S.CNS.Ru/c1-4-9-27(10-5-2)17-7-8-19(25-14-17)21-13-16(23(30)31)12-20(26-21)18(24)11-15(6-3)22(28)29;1-3-5-6-7-8-9-10-16-11-12-28-20(16)15(4-2)13-17(25)18(26)14-19(27)21(22,23)24;2-1-3;/h6-8,12-14,18,24H,4-5,9-11H2,1-3H3,(H,28,29)(H,30,31);4,11-14,25-27H,3,5-10H2,1-2H3;;/q-1;-2;-1;+4/b15-6+;15-4+,17-13-,18-14-,27-19?;;. The van der Waals surface area contributed by atoms with Crippen LogP contribution in [0.15, 0.2) is 83.2 Å². The number of thiophene rings is 1. The third kappa shape index (κ3) is 20.9. The zero-order valence-corrected chi connectivity index (χ0v) is 39.6. The summed E-state index contributed by atoms with van der Waals surface area (Å²) in [5, 5.41) is 36.1. The molecule has 18 heteroatoms. The molecule has 0 saturated heterocycles. The molecule has 3 aromatic heterocycles. The van der Waals surface area contributed by atoms with E-state index in [-0.39, 0.29) is 48.4 Å². The van der Waals surface area contributed by atoms with Crippen LogP contribution in [0.3, 0.4) is 0 Å². The molecule has 0 aliphatic rings. The first-order chi connectivity index (χ1) is 29.4. The van der Waals surface area contributed by atoms with E-state index in [9.17, 15) is 33.0 Å². The number of halogens is 3. The van der Waals surface area contributed by atoms with Gasteiger partial charge in [-0.1, -0.05) is 89.4 Å². The van der Waals surface area contributed by atoms with Crippen molar-refractivity contribution in [1.82, 2.24) is 9.97 Å². The Hall–Kier alpha value is -4.86. The first-order valence-corrected chi connectivity index (χ1v) is 21.5. The summed E-state index contributed by atoms with van der Waals surface area (Å²) in [5.41, 5.74) is 25.3. The number of rotatable bonds is 22. The molecule has 0 radical (unpaired) electrons. The molecule has 1 atom stereocenters. The zero-order valence-electron chi connectivity index (χ0n) is 36.2. The van der Waals surface area contributed by atoms with E-state index >= 15 is 0 Å². The van der Waals surface area contributed by atoms with Gasteiger partial charge in [-0.25, -0.2) is 9.59 Å². The molecule has 3 aromatic rings. The number of anilines is 1. The Bertz CT molecular complexity index is 2060. The molecule has 0 aliphatic carbocycles. The van der Waals surface area contributed by atoms with Crippen molar-refractivity contribution in [2.24, 2.45) is 0 Å². The molecule has 0 spiro atoms. The van der Waals surface area contributed by atoms with E-state index < -0.39 is 35.6 Å². The fourth-order valence-corrected chi connectivity index (χ4v) is 6.97. The van der Waals surface area contributed by atoms with Crippen LogP contribution in [-0.2, 0) is 30.7 Å². The summed E-state index contributed by atoms with van der Waals surface area (Å²) < 4.78 is 37.4. The number of aliphatic carboxylic acids is 1. The van der Waals surface area contributed by atoms with Crippen LogP contribution in [0.1, 0.15) is 125 Å². The number of carboxylic acids is 2. The monoisotopic (exact) mass is 996 g/mol. The number of allylic oxidation sites excluding steroid dienone is 5. The second kappa shape index (κ2) is 31.1. The largest absolute Gasteiger partial charge is 4.00 e. The molecule has 6 N–H and O–H groups in total. The van der Waals surface area contributed by atoms with Gasteiger partial charge in [0.15, 0.2) is 0 Å². The molecule has 1 unspecified atom stereocenters. The molecule has 3 heterocycles. The van der Waals surface area contributed by atoms with Gasteiger partial charge in [0.1, 0.15) is 5.71 Å². The number of hydrogen-bond acceptors (Lipinski definition) is 8. The van der Waals surface area contributed by atoms with Gasteiger partial charge in [-0.3, -0.25) is 15.4 Å². The van der Waals surface area contributed by atoms with Crippen molar-refractivity contribution in [1.29, 1.82) is 5.41 Å². The Labute approximate surface area is 391 Å². The van der Waals surface area contributed by atoms with Crippen LogP contribution in [0.5, 0.6) is 0 Å². The zero-order chi connectivity index (χ0) is 46.8. The Morgan fingerprint density at radius 1 is 0.952 bits per heavy atom. The van der Waals surface area contributed by atoms with Crippen LogP contribution < -0.4 is 4.90 Å². The van der Waals surface area contributed by atoms with Crippen LogP contribution in [-0.4, -0.2) is 62.3 Å². The summed E-state index contributed by atoms with van der Waals surface area (Å²) in [4.78, 5) is 35.0. The SMILES string of the molecule is C/C=C(\CC([NH-])c1cc(C(=O)O)cc(-c2ccc(N(CCC)CCC)cn2)n1)C(=O)O.C\C=C(/C=C([NH-])/C([NH-])=C/C(=N)C(F)(F)F)c1sccc1CCCCCCCC.[N-]=C=S.[Ru+4]. The molecule has 0 amide bonds. The van der Waals surface area contributed by atoms with E-state index in [0.29, 0.717) is 17.5 Å². The number of unbranched alkanes of at least 4 members (excludes halogenated alkanes) is 5. The van der Waals surface area contributed by atoms with Crippen molar-refractivity contribution in [3.05, 3.63) is 127 Å². The smallest absolute Gasteiger partial charge is 0.753 e. The normalized spacial score (nSPS) is 12.4. The number of nitrogens with one attached hydrogen (secondary N) is 4. The van der Waals surface area contributed by atoms with Gasteiger partial charge in [0.05, 0.1) is 28.8 Å². The van der Waals surface area contributed by atoms with Gasteiger partial charge in [-0.2, -0.15) is 29.7 Å². The molecule has 342 valence electrons. The molecule has 0 bridgehead atoms. The number of carboxylic acid groups (broad SMARTS) is 2. The van der Waals surface area contributed by atoms with Gasteiger partial charge in [0.2, 0.25) is 0 Å². The minimum absolute atomic E-state index is 0. The summed E-state index contributed by atoms with van der Waals surface area (Å²) >= 11 is 5.23. The molecule has 0 aliphatic heterocycles. The van der Waals surface area contributed by atoms with Gasteiger partial charge in [0, 0.05) is 29.2 Å². The van der Waals surface area contributed by atoms with Crippen LogP contribution in [0, 0.1) is 5.41 Å². The van der Waals surface area contributed by atoms with E-state index in [1.165, 1.54) is 72.9 Å². The minimum Gasteiger partial charge on any atom is -0.753 e. The van der Waals surface area contributed by atoms with Crippen molar-refractivity contribution in [3.8, 4) is 11.4 Å². The average molecular weight is 996 g/mol. The molecule has 12 nitrogen and oxygen atoms in total. The van der Waals surface area contributed by atoms with Crippen LogP contribution in [0.4, 0.5) is 18.9 Å². The Morgan fingerprint density at radius 2 is 1.56 bits per heavy atom. The molecular formula is C45H57F3N8O4RuS2. The maximum atomic E-state index is 12.5. The van der Waals surface area contributed by atoms with Crippen molar-refractivity contribution >= 4 is 57.6 Å². The molecule has 0 aromatic carbocycles. The molecule has 63 heavy (non-hydrogen) atoms. The van der Waals surface area contributed by atoms with Crippen LogP contribution in [0.25, 0.3) is 39.6 Å². The van der Waals surface area contributed by atoms with Crippen LogP contribution >= 0.6 is 23.6 Å². The van der Waals surface area contributed by atoms with E-state index in [2.05, 4.69) is 47.9 Å². The number of thiocarbonyl (C=S) groups is 1. The van der Waals surface area contributed by atoms with Crippen molar-refractivity contribution in [3.63, 3.8) is 0 Å². The predicted molar refractivity (Wildman–Crippen MR) is 250 cm³/mol. The first kappa shape index (κ1) is 58.1. The third-order valence-electron chi connectivity index (χ3n) is 9.16. The number of carbonyl (C=O) groups is 2. The second-order valence-electron chi connectivity index (χ2n) is 13.9. The fourth-order valence-electron chi connectivity index (χ4n) is 5.97. The third-order valence-corrected chi connectivity index (χ3v) is 10.2. The number of hydrogen-bond donors (Lipinski definition) is 3. The molecule has 0 fully saturated rings. The summed E-state index contributed by atoms with van der Waals surface area (Å²) in [7, 11) is 0. The van der Waals surface area contributed by atoms with Gasteiger partial charge in [-0.15, -0.1) is 11.3 Å². The van der Waals surface area contributed by atoms with Crippen LogP contribution in [0.2, 0.25) is 0 Å². The Kier molecular flexibility index (Phi) is 28.7. The number of pyridine rings is 2. The Morgan fingerprint density at radius 3 is 2.06 bits per heavy atom. The molecule has 0 saturated carbocycles. The second-order valence-corrected chi connectivity index (χ2v) is 15.0. The fraction of sp³-hybridized carbons (Fsp3) is 0.422. The molecular weight excluding hydrogens is 939 g/mol. The van der Waals surface area contributed by atoms with E-state index in [0.717, 1.165) is 60.5 Å². The number of isothiocyanates is 1. The first-order valence-electron chi connectivity index (χ1n) is 20.3. The van der Waals surface area contributed by atoms with Gasteiger partial charge >= 0.3 is 37.6 Å². The number of nitrogens with zero attached hydrogens (tertiary/aromatic N) is 4. The number of aryl methyl sites for hydroxylation is 1. The Balaban J connectivity index is 0.00000114. The minimum atomic E-state index is -4.81. The molecule has 3 rings (SSSR count). The average Bonchev–Trinajstić information content (AvgIpc) is 3.71. The van der Waals surface area contributed by atoms with Crippen molar-refractivity contribution < 1.29 is 52.5 Å². The summed E-state index contributed by atoms with van der Waals surface area (Å²) in [6.45, 7) is 11.7. The predicted octanol–water partition coefficient (Wildman–Crippen LogP) is 14.1. The van der Waals surface area contributed by atoms with Gasteiger partial charge < -0.3 is 37.7 Å². The number of alkyl halides is 3. The summed E-state index contributed by atoms with van der Waals surface area (Å²) in [5.74, 6) is -2.24. The summed E-state index contributed by atoms with van der Waals surface area (Å²) in [6.07, 6.45) is 12.0. The summed E-state index contributed by atoms with van der Waals surface area (Å²) in [6, 6.07) is 7.50. The van der Waals surface area contributed by atoms with Gasteiger partial charge in [-0.05, 0) is 98.9 Å². The van der Waals surface area contributed by atoms with Crippen molar-refractivity contribution in [2.45, 2.75) is 111 Å². The van der Waals surface area contributed by atoms with Crippen molar-refractivity contribution in [2.75, 3.05) is 18.0 Å². The van der Waals surface area contributed by atoms with E-state index in [1.54, 1.807) is 32.2 Å². The van der Waals surface area contributed by atoms with E-state index in [1.807, 2.05) is 17.5 Å². The topological polar surface area (TPSA) is 221 Å². The number of aromatic nitrogens is 2. The quantitative estimate of drug-likeness (QED) is 0.0219. The van der Waals surface area contributed by atoms with Gasteiger partial charge in [0.25, 0.3) is 0 Å².